The molecular formula is C17H20O4. The second kappa shape index (κ2) is 6.88. The van der Waals surface area contributed by atoms with E-state index >= 15 is 0 Å². The fourth-order valence-corrected chi connectivity index (χ4v) is 1.74. The van der Waals surface area contributed by atoms with Crippen LogP contribution in [0, 0.1) is 13.8 Å². The Morgan fingerprint density at radius 1 is 1.05 bits per heavy atom. The lowest BCUT2D eigenvalue weighted by Crippen LogP contribution is -2.12. The van der Waals surface area contributed by atoms with Crippen LogP contribution in [-0.4, -0.2) is 11.9 Å². The highest BCUT2D eigenvalue weighted by molar-refractivity contribution is 5.89. The summed E-state index contributed by atoms with van der Waals surface area (Å²) in [5.74, 6) is -0.580. The minimum Gasteiger partial charge on any atom is -0.457 e. The highest BCUT2D eigenvalue weighted by atomic mass is 16.5. The molecule has 0 radical (unpaired) electrons. The first-order chi connectivity index (χ1) is 9.72. The molecule has 0 spiro atoms. The maximum atomic E-state index is 11.7. The molecule has 1 rings (SSSR count). The number of hydrogen-bond donors (Lipinski definition) is 0. The average molecular weight is 288 g/mol. The topological polar surface area (TPSA) is 52.6 Å². The molecule has 0 saturated heterocycles. The van der Waals surface area contributed by atoms with E-state index < -0.39 is 11.9 Å². The molecule has 0 N–H and O–H groups in total. The van der Waals surface area contributed by atoms with Crippen LogP contribution in [-0.2, 0) is 20.9 Å². The molecule has 0 aromatic heterocycles. The summed E-state index contributed by atoms with van der Waals surface area (Å²) in [4.78, 5) is 23.2. The van der Waals surface area contributed by atoms with Crippen molar-refractivity contribution in [1.29, 1.82) is 0 Å². The Balaban J connectivity index is 3.05. The van der Waals surface area contributed by atoms with E-state index in [9.17, 15) is 9.59 Å². The van der Waals surface area contributed by atoms with Crippen molar-refractivity contribution in [2.24, 2.45) is 0 Å². The van der Waals surface area contributed by atoms with E-state index in [0.717, 1.165) is 11.1 Å². The zero-order chi connectivity index (χ0) is 16.2. The molecule has 21 heavy (non-hydrogen) atoms. The lowest BCUT2D eigenvalue weighted by Gasteiger charge is -2.14. The van der Waals surface area contributed by atoms with Crippen molar-refractivity contribution in [2.75, 3.05) is 0 Å². The Hall–Kier alpha value is -2.36. The summed E-state index contributed by atoms with van der Waals surface area (Å²) in [5.41, 5.74) is 3.05. The second-order valence-electron chi connectivity index (χ2n) is 5.10. The fraction of sp³-hybridized carbons (Fsp3) is 0.294. The molecule has 1 aromatic carbocycles. The summed E-state index contributed by atoms with van der Waals surface area (Å²) in [5, 5.41) is 0. The number of carbonyl (C=O) groups excluding carboxylic acids is 2. The van der Waals surface area contributed by atoms with E-state index in [0.29, 0.717) is 22.5 Å². The van der Waals surface area contributed by atoms with Gasteiger partial charge in [-0.25, -0.2) is 9.59 Å². The maximum absolute atomic E-state index is 11.7. The van der Waals surface area contributed by atoms with Gasteiger partial charge in [0.05, 0.1) is 0 Å². The predicted molar refractivity (Wildman–Crippen MR) is 81.0 cm³/mol. The first kappa shape index (κ1) is 16.7. The van der Waals surface area contributed by atoms with E-state index in [4.69, 9.17) is 9.47 Å². The molecule has 0 amide bonds. The van der Waals surface area contributed by atoms with Crippen molar-refractivity contribution in [3.63, 3.8) is 0 Å². The smallest absolute Gasteiger partial charge is 0.338 e. The van der Waals surface area contributed by atoms with Crippen LogP contribution in [0.3, 0.4) is 0 Å². The molecule has 112 valence electrons. The standard InChI is InChI=1S/C17H20O4/c1-10(2)16(18)20-9-14-8-12(5)7-13(6)15(14)21-17(19)11(3)4/h7-8H,1,3,9H2,2,4-6H3. The van der Waals surface area contributed by atoms with Gasteiger partial charge in [-0.1, -0.05) is 24.8 Å². The quantitative estimate of drug-likeness (QED) is 0.473. The Morgan fingerprint density at radius 2 is 1.62 bits per heavy atom. The number of rotatable bonds is 5. The number of aryl methyl sites for hydroxylation is 2. The Bertz CT molecular complexity index is 611. The molecule has 0 aliphatic carbocycles. The van der Waals surface area contributed by atoms with Gasteiger partial charge in [-0.05, 0) is 39.3 Å². The molecule has 0 fully saturated rings. The molecule has 4 heteroatoms. The van der Waals surface area contributed by atoms with Gasteiger partial charge in [0.25, 0.3) is 0 Å². The lowest BCUT2D eigenvalue weighted by atomic mass is 10.1. The van der Waals surface area contributed by atoms with Crippen LogP contribution in [0.2, 0.25) is 0 Å². The van der Waals surface area contributed by atoms with Gasteiger partial charge >= 0.3 is 11.9 Å². The van der Waals surface area contributed by atoms with E-state index in [1.807, 2.05) is 26.0 Å². The van der Waals surface area contributed by atoms with Crippen LogP contribution >= 0.6 is 0 Å². The average Bonchev–Trinajstić information content (AvgIpc) is 2.38. The SMILES string of the molecule is C=C(C)C(=O)OCc1cc(C)cc(C)c1OC(=O)C(=C)C. The molecule has 1 aromatic rings. The monoisotopic (exact) mass is 288 g/mol. The third kappa shape index (κ3) is 4.60. The summed E-state index contributed by atoms with van der Waals surface area (Å²) in [7, 11) is 0. The zero-order valence-electron chi connectivity index (χ0n) is 12.9. The van der Waals surface area contributed by atoms with Crippen molar-refractivity contribution in [3.05, 3.63) is 53.1 Å². The molecule has 0 aliphatic rings. The van der Waals surface area contributed by atoms with Crippen LogP contribution in [0.15, 0.2) is 36.4 Å². The fourth-order valence-electron chi connectivity index (χ4n) is 1.74. The molecule has 0 aliphatic heterocycles. The predicted octanol–water partition coefficient (Wildman–Crippen LogP) is 3.40. The number of ether oxygens (including phenoxy) is 2. The van der Waals surface area contributed by atoms with Gasteiger partial charge in [-0.3, -0.25) is 0 Å². The summed E-state index contributed by atoms with van der Waals surface area (Å²) in [6, 6.07) is 3.71. The Morgan fingerprint density at radius 3 is 2.14 bits per heavy atom. The number of carbonyl (C=O) groups is 2. The summed E-state index contributed by atoms with van der Waals surface area (Å²) < 4.78 is 10.5. The molecule has 0 bridgehead atoms. The van der Waals surface area contributed by atoms with Crippen LogP contribution in [0.5, 0.6) is 5.75 Å². The van der Waals surface area contributed by atoms with Gasteiger partial charge < -0.3 is 9.47 Å². The maximum Gasteiger partial charge on any atom is 0.338 e. The number of hydrogen-bond acceptors (Lipinski definition) is 4. The minimum atomic E-state index is -0.505. The molecule has 0 heterocycles. The van der Waals surface area contributed by atoms with Crippen molar-refractivity contribution in [3.8, 4) is 5.75 Å². The van der Waals surface area contributed by atoms with Crippen molar-refractivity contribution in [2.45, 2.75) is 34.3 Å². The summed E-state index contributed by atoms with van der Waals surface area (Å²) >= 11 is 0. The van der Waals surface area contributed by atoms with E-state index in [1.165, 1.54) is 0 Å². The first-order valence-corrected chi connectivity index (χ1v) is 6.52. The van der Waals surface area contributed by atoms with Gasteiger partial charge in [-0.15, -0.1) is 0 Å². The van der Waals surface area contributed by atoms with Crippen LogP contribution in [0.1, 0.15) is 30.5 Å². The second-order valence-corrected chi connectivity index (χ2v) is 5.10. The Kier molecular flexibility index (Phi) is 5.47. The van der Waals surface area contributed by atoms with E-state index in [1.54, 1.807) is 13.8 Å². The highest BCUT2D eigenvalue weighted by Crippen LogP contribution is 2.27. The van der Waals surface area contributed by atoms with E-state index in [2.05, 4.69) is 13.2 Å². The van der Waals surface area contributed by atoms with Crippen LogP contribution < -0.4 is 4.74 Å². The highest BCUT2D eigenvalue weighted by Gasteiger charge is 2.15. The van der Waals surface area contributed by atoms with Gasteiger partial charge in [0.2, 0.25) is 0 Å². The summed E-state index contributed by atoms with van der Waals surface area (Å²) in [6.07, 6.45) is 0. The molecule has 4 nitrogen and oxygen atoms in total. The Labute approximate surface area is 125 Å². The summed E-state index contributed by atoms with van der Waals surface area (Å²) in [6.45, 7) is 14.0. The number of esters is 2. The third-order valence-electron chi connectivity index (χ3n) is 2.75. The van der Waals surface area contributed by atoms with Crippen molar-refractivity contribution >= 4 is 11.9 Å². The normalized spacial score (nSPS) is 9.90. The molecular weight excluding hydrogens is 268 g/mol. The van der Waals surface area contributed by atoms with Gasteiger partial charge in [-0.2, -0.15) is 0 Å². The van der Waals surface area contributed by atoms with Gasteiger partial charge in [0, 0.05) is 16.7 Å². The van der Waals surface area contributed by atoms with Crippen molar-refractivity contribution in [1.82, 2.24) is 0 Å². The molecule has 0 unspecified atom stereocenters. The third-order valence-corrected chi connectivity index (χ3v) is 2.75. The van der Waals surface area contributed by atoms with E-state index in [-0.39, 0.29) is 6.61 Å². The molecule has 0 atom stereocenters. The van der Waals surface area contributed by atoms with Gasteiger partial charge in [0.1, 0.15) is 12.4 Å². The van der Waals surface area contributed by atoms with Crippen molar-refractivity contribution < 1.29 is 19.1 Å². The van der Waals surface area contributed by atoms with Gasteiger partial charge in [0.15, 0.2) is 0 Å². The van der Waals surface area contributed by atoms with Crippen LogP contribution in [0.25, 0.3) is 0 Å². The molecule has 0 saturated carbocycles. The number of benzene rings is 1. The lowest BCUT2D eigenvalue weighted by molar-refractivity contribution is -0.140. The largest absolute Gasteiger partial charge is 0.457 e. The first-order valence-electron chi connectivity index (χ1n) is 6.52. The zero-order valence-corrected chi connectivity index (χ0v) is 12.9. The minimum absolute atomic E-state index is 0.0209. The van der Waals surface area contributed by atoms with Crippen LogP contribution in [0.4, 0.5) is 0 Å².